The van der Waals surface area contributed by atoms with Gasteiger partial charge in [0.15, 0.2) is 0 Å². The van der Waals surface area contributed by atoms with Crippen molar-refractivity contribution in [2.24, 2.45) is 0 Å². The lowest BCUT2D eigenvalue weighted by Crippen LogP contribution is -2.42. The number of nitrogens with zero attached hydrogens (tertiary/aromatic N) is 3. The second-order valence-corrected chi connectivity index (χ2v) is 8.65. The highest BCUT2D eigenvalue weighted by atomic mass is 32.2. The Morgan fingerprint density at radius 1 is 1.24 bits per heavy atom. The first kappa shape index (κ1) is 23.6. The normalized spacial score (nSPS) is 17.6. The van der Waals surface area contributed by atoms with E-state index >= 15 is 0 Å². The number of imide groups is 1. The van der Waals surface area contributed by atoms with Crippen LogP contribution in [0.25, 0.3) is 6.08 Å². The second kappa shape index (κ2) is 10.6. The third-order valence-electron chi connectivity index (χ3n) is 5.25. The summed E-state index contributed by atoms with van der Waals surface area (Å²) in [7, 11) is 0. The zero-order chi connectivity index (χ0) is 24.1. The average molecular weight is 485 g/mol. The van der Waals surface area contributed by atoms with Crippen LogP contribution in [-0.2, 0) is 9.53 Å². The van der Waals surface area contributed by atoms with Crippen LogP contribution in [0.5, 0.6) is 17.5 Å². The van der Waals surface area contributed by atoms with E-state index in [0.717, 1.165) is 11.8 Å². The molecule has 0 unspecified atom stereocenters. The maximum Gasteiger partial charge on any atom is 0.409 e. The highest BCUT2D eigenvalue weighted by molar-refractivity contribution is 8.18. The first-order chi connectivity index (χ1) is 16.4. The average Bonchev–Trinajstić information content (AvgIpc) is 3.13. The van der Waals surface area contributed by atoms with Gasteiger partial charge in [-0.25, -0.2) is 14.8 Å². The summed E-state index contributed by atoms with van der Waals surface area (Å²) in [5.41, 5.74) is 1.36. The molecule has 2 aromatic rings. The van der Waals surface area contributed by atoms with Crippen LogP contribution >= 0.6 is 11.8 Å². The molecule has 3 amide bonds. The molecule has 34 heavy (non-hydrogen) atoms. The molecular formula is C23H24N4O6S. The van der Waals surface area contributed by atoms with Crippen LogP contribution < -0.4 is 14.8 Å². The molecule has 4 rings (SSSR count). The number of aromatic nitrogens is 2. The lowest BCUT2D eigenvalue weighted by Gasteiger charge is -2.31. The highest BCUT2D eigenvalue weighted by Gasteiger charge is 2.26. The number of benzene rings is 1. The Bertz CT molecular complexity index is 1130. The van der Waals surface area contributed by atoms with Crippen LogP contribution in [0, 0.1) is 6.92 Å². The standard InChI is InChI=1S/C23H24N4O6S/c1-3-31-23(30)27-9-7-16(8-10-27)32-20-14(2)21(25-13-24-20)33-17-6-4-5-15(11-17)12-18-19(28)26-22(29)34-18/h4-6,11-13,16H,3,7-10H2,1-2H3,(H,26,28,29)/b18-12+. The van der Waals surface area contributed by atoms with Crippen LogP contribution in [0.15, 0.2) is 35.5 Å². The van der Waals surface area contributed by atoms with Gasteiger partial charge in [-0.15, -0.1) is 0 Å². The van der Waals surface area contributed by atoms with Crippen molar-refractivity contribution < 1.29 is 28.6 Å². The van der Waals surface area contributed by atoms with Gasteiger partial charge >= 0.3 is 6.09 Å². The molecule has 1 N–H and O–H groups in total. The van der Waals surface area contributed by atoms with Gasteiger partial charge in [0.2, 0.25) is 11.8 Å². The maximum absolute atomic E-state index is 11.9. The molecule has 0 bridgehead atoms. The van der Waals surface area contributed by atoms with Crippen LogP contribution in [0.3, 0.4) is 0 Å². The fourth-order valence-corrected chi connectivity index (χ4v) is 4.20. The highest BCUT2D eigenvalue weighted by Crippen LogP contribution is 2.31. The molecule has 0 saturated carbocycles. The van der Waals surface area contributed by atoms with Crippen molar-refractivity contribution in [3.8, 4) is 17.5 Å². The molecule has 178 valence electrons. The van der Waals surface area contributed by atoms with Crippen LogP contribution in [0.2, 0.25) is 0 Å². The molecule has 0 atom stereocenters. The second-order valence-electron chi connectivity index (χ2n) is 7.64. The Morgan fingerprint density at radius 2 is 2.00 bits per heavy atom. The summed E-state index contributed by atoms with van der Waals surface area (Å²) in [6, 6.07) is 7.10. The first-order valence-electron chi connectivity index (χ1n) is 10.9. The van der Waals surface area contributed by atoms with Crippen molar-refractivity contribution in [1.82, 2.24) is 20.2 Å². The predicted molar refractivity (Wildman–Crippen MR) is 125 cm³/mol. The van der Waals surface area contributed by atoms with Gasteiger partial charge in [0.25, 0.3) is 11.1 Å². The molecule has 1 aromatic carbocycles. The van der Waals surface area contributed by atoms with Crippen LogP contribution in [0.4, 0.5) is 9.59 Å². The Labute approximate surface area is 200 Å². The van der Waals surface area contributed by atoms with Gasteiger partial charge in [-0.05, 0) is 49.4 Å². The predicted octanol–water partition coefficient (Wildman–Crippen LogP) is 3.90. The number of nitrogens with one attached hydrogen (secondary N) is 1. The van der Waals surface area contributed by atoms with Crippen molar-refractivity contribution in [2.75, 3.05) is 19.7 Å². The third-order valence-corrected chi connectivity index (χ3v) is 6.06. The SMILES string of the molecule is CCOC(=O)N1CCC(Oc2ncnc(Oc3cccc(/C=C4/SC(=O)NC4=O)c3)c2C)CC1. The summed E-state index contributed by atoms with van der Waals surface area (Å²) in [6.45, 7) is 5.07. The molecule has 0 aliphatic carbocycles. The smallest absolute Gasteiger partial charge is 0.409 e. The fraction of sp³-hybridized carbons (Fsp3) is 0.348. The van der Waals surface area contributed by atoms with Gasteiger partial charge in [-0.3, -0.25) is 14.9 Å². The monoisotopic (exact) mass is 484 g/mol. The number of piperidine rings is 1. The third kappa shape index (κ3) is 5.66. The van der Waals surface area contributed by atoms with E-state index in [9.17, 15) is 14.4 Å². The summed E-state index contributed by atoms with van der Waals surface area (Å²) in [4.78, 5) is 45.5. The minimum absolute atomic E-state index is 0.0835. The van der Waals surface area contributed by atoms with Gasteiger partial charge in [0.05, 0.1) is 17.1 Å². The molecule has 2 fully saturated rings. The van der Waals surface area contributed by atoms with Crippen molar-refractivity contribution in [2.45, 2.75) is 32.8 Å². The molecule has 11 heteroatoms. The number of likely N-dealkylation sites (tertiary alicyclic amines) is 1. The summed E-state index contributed by atoms with van der Waals surface area (Å²) >= 11 is 0.858. The summed E-state index contributed by atoms with van der Waals surface area (Å²) < 4.78 is 17.1. The number of carbonyl (C=O) groups excluding carboxylic acids is 3. The lowest BCUT2D eigenvalue weighted by molar-refractivity contribution is -0.115. The van der Waals surface area contributed by atoms with E-state index in [4.69, 9.17) is 14.2 Å². The van der Waals surface area contributed by atoms with E-state index in [1.807, 2.05) is 6.92 Å². The Kier molecular flexibility index (Phi) is 7.31. The molecule has 3 heterocycles. The largest absolute Gasteiger partial charge is 0.474 e. The number of carbonyl (C=O) groups is 3. The number of rotatable bonds is 6. The minimum Gasteiger partial charge on any atom is -0.474 e. The molecule has 0 radical (unpaired) electrons. The topological polar surface area (TPSA) is 120 Å². The van der Waals surface area contributed by atoms with Gasteiger partial charge < -0.3 is 19.1 Å². The van der Waals surface area contributed by atoms with E-state index in [2.05, 4.69) is 15.3 Å². The molecule has 0 spiro atoms. The van der Waals surface area contributed by atoms with Crippen molar-refractivity contribution in [3.05, 3.63) is 46.6 Å². The van der Waals surface area contributed by atoms with Crippen molar-refractivity contribution >= 4 is 35.1 Å². The summed E-state index contributed by atoms with van der Waals surface area (Å²) in [5.74, 6) is 0.875. The van der Waals surface area contributed by atoms with Crippen molar-refractivity contribution in [1.29, 1.82) is 0 Å². The Balaban J connectivity index is 1.41. The molecule has 10 nitrogen and oxygen atoms in total. The van der Waals surface area contributed by atoms with E-state index in [1.54, 1.807) is 42.2 Å². The van der Waals surface area contributed by atoms with E-state index < -0.39 is 5.91 Å². The quantitative estimate of drug-likeness (QED) is 0.609. The molecular weight excluding hydrogens is 460 g/mol. The number of ether oxygens (including phenoxy) is 3. The number of hydrogen-bond acceptors (Lipinski definition) is 9. The van der Waals surface area contributed by atoms with Crippen molar-refractivity contribution in [3.63, 3.8) is 0 Å². The van der Waals surface area contributed by atoms with E-state index in [1.165, 1.54) is 6.33 Å². The number of amides is 3. The lowest BCUT2D eigenvalue weighted by atomic mass is 10.1. The number of thioether (sulfide) groups is 1. The molecule has 2 aliphatic rings. The molecule has 2 aliphatic heterocycles. The Morgan fingerprint density at radius 3 is 2.71 bits per heavy atom. The molecule has 2 saturated heterocycles. The van der Waals surface area contributed by atoms with Gasteiger partial charge in [-0.2, -0.15) is 0 Å². The summed E-state index contributed by atoms with van der Waals surface area (Å²) in [5, 5.41) is 1.84. The zero-order valence-electron chi connectivity index (χ0n) is 18.8. The van der Waals surface area contributed by atoms with E-state index in [0.29, 0.717) is 66.1 Å². The zero-order valence-corrected chi connectivity index (χ0v) is 19.6. The van der Waals surface area contributed by atoms with E-state index in [-0.39, 0.29) is 17.4 Å². The molecule has 1 aromatic heterocycles. The van der Waals surface area contributed by atoms with Gasteiger partial charge in [0, 0.05) is 25.9 Å². The Hall–Kier alpha value is -3.60. The van der Waals surface area contributed by atoms with Crippen LogP contribution in [0.1, 0.15) is 30.9 Å². The first-order valence-corrected chi connectivity index (χ1v) is 11.7. The minimum atomic E-state index is -0.414. The summed E-state index contributed by atoms with van der Waals surface area (Å²) in [6.07, 6.45) is 3.96. The fourth-order valence-electron chi connectivity index (χ4n) is 3.52. The van der Waals surface area contributed by atoms with Crippen LogP contribution in [-0.4, -0.2) is 57.9 Å². The number of hydrogen-bond donors (Lipinski definition) is 1. The van der Waals surface area contributed by atoms with Gasteiger partial charge in [-0.1, -0.05) is 12.1 Å². The maximum atomic E-state index is 11.9. The van der Waals surface area contributed by atoms with Gasteiger partial charge in [0.1, 0.15) is 18.2 Å².